The van der Waals surface area contributed by atoms with Crippen molar-refractivity contribution in [3.63, 3.8) is 0 Å². The minimum Gasteiger partial charge on any atom is -0.398 e. The van der Waals surface area contributed by atoms with Gasteiger partial charge >= 0.3 is 0 Å². The molecule has 0 unspecified atom stereocenters. The van der Waals surface area contributed by atoms with Gasteiger partial charge in [0, 0.05) is 11.4 Å². The molecule has 0 aliphatic rings. The van der Waals surface area contributed by atoms with Crippen molar-refractivity contribution in [1.29, 1.82) is 0 Å². The maximum absolute atomic E-state index is 14.1. The first-order chi connectivity index (χ1) is 7.97. The monoisotopic (exact) mass is 296 g/mol. The van der Waals surface area contributed by atoms with Crippen LogP contribution in [0.3, 0.4) is 0 Å². The van der Waals surface area contributed by atoms with Gasteiger partial charge in [-0.25, -0.2) is 4.39 Å². The van der Waals surface area contributed by atoms with Crippen molar-refractivity contribution in [2.24, 2.45) is 0 Å². The zero-order chi connectivity index (χ0) is 12.7. The molecule has 0 saturated carbocycles. The third-order valence-electron chi connectivity index (χ3n) is 3.07. The number of fused-ring (bicyclic) bond motifs is 1. The summed E-state index contributed by atoms with van der Waals surface area (Å²) in [7, 11) is 0. The van der Waals surface area contributed by atoms with Crippen LogP contribution >= 0.6 is 15.9 Å². The van der Waals surface area contributed by atoms with E-state index in [4.69, 9.17) is 5.73 Å². The van der Waals surface area contributed by atoms with Gasteiger partial charge in [-0.1, -0.05) is 6.92 Å². The molecule has 0 saturated heterocycles. The standard InChI is InChI=1S/C13H14BrFN2/c1-4-9-7(3)12(16)10-11(15)8(14)5-6(2)13(10)17-9/h5H,4H2,1-3H3,(H2,16,17). The molecule has 0 spiro atoms. The molecule has 2 N–H and O–H groups in total. The molecule has 1 aromatic carbocycles. The number of benzene rings is 1. The molecule has 2 rings (SSSR count). The zero-order valence-electron chi connectivity index (χ0n) is 10.1. The maximum Gasteiger partial charge on any atom is 0.148 e. The molecule has 0 radical (unpaired) electrons. The molecular weight excluding hydrogens is 283 g/mol. The molecule has 0 aliphatic carbocycles. The molecule has 0 fully saturated rings. The van der Waals surface area contributed by atoms with Crippen molar-refractivity contribution in [2.45, 2.75) is 27.2 Å². The first kappa shape index (κ1) is 12.3. The molecule has 2 aromatic rings. The number of halogens is 2. The number of hydrogen-bond acceptors (Lipinski definition) is 2. The van der Waals surface area contributed by atoms with Gasteiger partial charge < -0.3 is 5.73 Å². The molecule has 17 heavy (non-hydrogen) atoms. The van der Waals surface area contributed by atoms with Crippen LogP contribution in [-0.4, -0.2) is 4.98 Å². The van der Waals surface area contributed by atoms with E-state index in [2.05, 4.69) is 20.9 Å². The van der Waals surface area contributed by atoms with Crippen LogP contribution in [0.5, 0.6) is 0 Å². The molecule has 0 aliphatic heterocycles. The van der Waals surface area contributed by atoms with Gasteiger partial charge in [0.2, 0.25) is 0 Å². The number of nitrogens with two attached hydrogens (primary N) is 1. The summed E-state index contributed by atoms with van der Waals surface area (Å²) >= 11 is 3.20. The SMILES string of the molecule is CCc1nc2c(C)cc(Br)c(F)c2c(N)c1C. The second-order valence-electron chi connectivity index (χ2n) is 4.16. The van der Waals surface area contributed by atoms with E-state index in [9.17, 15) is 4.39 Å². The summed E-state index contributed by atoms with van der Waals surface area (Å²) in [5.41, 5.74) is 9.91. The highest BCUT2D eigenvalue weighted by Crippen LogP contribution is 2.33. The van der Waals surface area contributed by atoms with Crippen LogP contribution in [0.25, 0.3) is 10.9 Å². The van der Waals surface area contributed by atoms with Crippen molar-refractivity contribution in [3.05, 3.63) is 33.2 Å². The predicted octanol–water partition coefficient (Wildman–Crippen LogP) is 3.90. The van der Waals surface area contributed by atoms with E-state index in [1.165, 1.54) is 0 Å². The molecule has 2 nitrogen and oxygen atoms in total. The fraction of sp³-hybridized carbons (Fsp3) is 0.308. The third-order valence-corrected chi connectivity index (χ3v) is 3.65. The number of hydrogen-bond donors (Lipinski definition) is 1. The maximum atomic E-state index is 14.1. The number of aromatic nitrogens is 1. The summed E-state index contributed by atoms with van der Waals surface area (Å²) in [5.74, 6) is -0.332. The summed E-state index contributed by atoms with van der Waals surface area (Å²) in [6.45, 7) is 5.81. The van der Waals surface area contributed by atoms with Gasteiger partial charge in [-0.05, 0) is 53.4 Å². The molecule has 0 amide bonds. The zero-order valence-corrected chi connectivity index (χ0v) is 11.7. The average molecular weight is 297 g/mol. The van der Waals surface area contributed by atoms with Crippen molar-refractivity contribution >= 4 is 32.5 Å². The Morgan fingerprint density at radius 2 is 2.06 bits per heavy atom. The van der Waals surface area contributed by atoms with E-state index in [-0.39, 0.29) is 5.82 Å². The fourth-order valence-corrected chi connectivity index (χ4v) is 2.58. The summed E-state index contributed by atoms with van der Waals surface area (Å²) in [5, 5.41) is 0.423. The lowest BCUT2D eigenvalue weighted by atomic mass is 10.0. The van der Waals surface area contributed by atoms with Crippen LogP contribution < -0.4 is 5.73 Å². The van der Waals surface area contributed by atoms with E-state index >= 15 is 0 Å². The van der Waals surface area contributed by atoms with Crippen LogP contribution in [0.2, 0.25) is 0 Å². The number of nitrogen functional groups attached to an aromatic ring is 1. The van der Waals surface area contributed by atoms with Gasteiger partial charge in [0.15, 0.2) is 0 Å². The van der Waals surface area contributed by atoms with Crippen LogP contribution in [0.15, 0.2) is 10.5 Å². The fourth-order valence-electron chi connectivity index (χ4n) is 2.04. The van der Waals surface area contributed by atoms with E-state index in [1.807, 2.05) is 20.8 Å². The van der Waals surface area contributed by atoms with Crippen LogP contribution in [-0.2, 0) is 6.42 Å². The summed E-state index contributed by atoms with van der Waals surface area (Å²) in [6, 6.07) is 1.74. The first-order valence-electron chi connectivity index (χ1n) is 5.50. The molecule has 0 atom stereocenters. The quantitative estimate of drug-likeness (QED) is 0.867. The average Bonchev–Trinajstić information content (AvgIpc) is 2.29. The highest BCUT2D eigenvalue weighted by Gasteiger charge is 2.16. The van der Waals surface area contributed by atoms with Gasteiger partial charge in [-0.15, -0.1) is 0 Å². The van der Waals surface area contributed by atoms with E-state index < -0.39 is 0 Å². The van der Waals surface area contributed by atoms with E-state index in [0.717, 1.165) is 23.2 Å². The molecule has 1 heterocycles. The first-order valence-corrected chi connectivity index (χ1v) is 6.29. The second-order valence-corrected chi connectivity index (χ2v) is 5.02. The third kappa shape index (κ3) is 1.80. The smallest absolute Gasteiger partial charge is 0.148 e. The number of anilines is 1. The Balaban J connectivity index is 3.01. The second kappa shape index (κ2) is 4.26. The Labute approximate surface area is 108 Å². The van der Waals surface area contributed by atoms with E-state index in [0.29, 0.717) is 21.1 Å². The largest absolute Gasteiger partial charge is 0.398 e. The molecule has 90 valence electrons. The molecule has 4 heteroatoms. The van der Waals surface area contributed by atoms with Gasteiger partial charge in [-0.3, -0.25) is 4.98 Å². The summed E-state index contributed by atoms with van der Waals surface area (Å²) < 4.78 is 14.5. The summed E-state index contributed by atoms with van der Waals surface area (Å²) in [4.78, 5) is 4.51. The van der Waals surface area contributed by atoms with Crippen LogP contribution in [0, 0.1) is 19.7 Å². The molecule has 1 aromatic heterocycles. The van der Waals surface area contributed by atoms with Crippen molar-refractivity contribution < 1.29 is 4.39 Å². The Morgan fingerprint density at radius 1 is 1.41 bits per heavy atom. The van der Waals surface area contributed by atoms with Crippen molar-refractivity contribution in [2.75, 3.05) is 5.73 Å². The minimum atomic E-state index is -0.332. The lowest BCUT2D eigenvalue weighted by Crippen LogP contribution is -2.03. The topological polar surface area (TPSA) is 38.9 Å². The normalized spacial score (nSPS) is 11.1. The van der Waals surface area contributed by atoms with Crippen molar-refractivity contribution in [3.8, 4) is 0 Å². The predicted molar refractivity (Wildman–Crippen MR) is 72.7 cm³/mol. The Kier molecular flexibility index (Phi) is 3.08. The van der Waals surface area contributed by atoms with Gasteiger partial charge in [0.1, 0.15) is 5.82 Å². The molecule has 0 bridgehead atoms. The highest BCUT2D eigenvalue weighted by molar-refractivity contribution is 9.10. The number of nitrogens with zero attached hydrogens (tertiary/aromatic N) is 1. The number of pyridine rings is 1. The Morgan fingerprint density at radius 3 is 2.65 bits per heavy atom. The van der Waals surface area contributed by atoms with Gasteiger partial charge in [0.25, 0.3) is 0 Å². The lowest BCUT2D eigenvalue weighted by Gasteiger charge is -2.13. The minimum absolute atomic E-state index is 0.332. The van der Waals surface area contributed by atoms with Crippen molar-refractivity contribution in [1.82, 2.24) is 4.98 Å². The lowest BCUT2D eigenvalue weighted by molar-refractivity contribution is 0.633. The Hall–Kier alpha value is -1.16. The van der Waals surface area contributed by atoms with Gasteiger partial charge in [0.05, 0.1) is 15.4 Å². The van der Waals surface area contributed by atoms with E-state index in [1.54, 1.807) is 6.07 Å². The number of aryl methyl sites for hydroxylation is 2. The van der Waals surface area contributed by atoms with Gasteiger partial charge in [-0.2, -0.15) is 0 Å². The highest BCUT2D eigenvalue weighted by atomic mass is 79.9. The van der Waals surface area contributed by atoms with Crippen LogP contribution in [0.4, 0.5) is 10.1 Å². The number of rotatable bonds is 1. The van der Waals surface area contributed by atoms with Crippen LogP contribution in [0.1, 0.15) is 23.7 Å². The summed E-state index contributed by atoms with van der Waals surface area (Å²) in [6.07, 6.45) is 0.795. The molecular formula is C13H14BrFN2. The Bertz CT molecular complexity index is 608.